The second-order valence-electron chi connectivity index (χ2n) is 5.33. The lowest BCUT2D eigenvalue weighted by atomic mass is 10.1. The number of rotatable bonds is 6. The normalized spacial score (nSPS) is 17.0. The maximum atomic E-state index is 12.7. The molecule has 2 rings (SSSR count). The molecule has 1 aliphatic heterocycles. The van der Waals surface area contributed by atoms with Gasteiger partial charge in [0.05, 0.1) is 4.90 Å². The molecule has 1 aromatic rings. The number of nitrogens with one attached hydrogen (secondary N) is 2. The molecule has 2 N–H and O–H groups in total. The number of sulfonamides is 1. The van der Waals surface area contributed by atoms with Gasteiger partial charge in [-0.1, -0.05) is 19.1 Å². The van der Waals surface area contributed by atoms with Crippen LogP contribution in [0, 0.1) is 0 Å². The van der Waals surface area contributed by atoms with E-state index in [4.69, 9.17) is 4.74 Å². The van der Waals surface area contributed by atoms with Crippen molar-refractivity contribution in [2.24, 2.45) is 0 Å². The second-order valence-corrected chi connectivity index (χ2v) is 7.02. The molecule has 6 heteroatoms. The molecule has 0 aliphatic carbocycles. The zero-order valence-electron chi connectivity index (χ0n) is 12.7. The summed E-state index contributed by atoms with van der Waals surface area (Å²) in [5.41, 5.74) is 1.83. The lowest BCUT2D eigenvalue weighted by Gasteiger charge is -2.23. The number of aryl methyl sites for hydroxylation is 1. The van der Waals surface area contributed by atoms with Crippen molar-refractivity contribution >= 4 is 10.0 Å². The first-order valence-corrected chi connectivity index (χ1v) is 8.91. The fraction of sp³-hybridized carbons (Fsp3) is 0.600. The van der Waals surface area contributed by atoms with Crippen molar-refractivity contribution in [1.82, 2.24) is 10.0 Å². The Kier molecular flexibility index (Phi) is 5.75. The van der Waals surface area contributed by atoms with E-state index in [9.17, 15) is 8.42 Å². The molecule has 0 aromatic heterocycles. The molecule has 0 atom stereocenters. The average molecular weight is 312 g/mol. The smallest absolute Gasteiger partial charge is 0.241 e. The Bertz CT molecular complexity index is 566. The summed E-state index contributed by atoms with van der Waals surface area (Å²) in [4.78, 5) is 0.407. The van der Waals surface area contributed by atoms with Crippen molar-refractivity contribution in [3.05, 3.63) is 29.3 Å². The second kappa shape index (κ2) is 7.35. The molecule has 1 saturated heterocycles. The SMILES string of the molecule is CCc1ccc(CNC)cc1S(=O)(=O)NC1CCOCC1. The predicted molar refractivity (Wildman–Crippen MR) is 82.7 cm³/mol. The van der Waals surface area contributed by atoms with Crippen LogP contribution in [0.1, 0.15) is 30.9 Å². The number of ether oxygens (including phenoxy) is 1. The molecule has 1 aliphatic rings. The molecule has 0 bridgehead atoms. The highest BCUT2D eigenvalue weighted by Crippen LogP contribution is 2.20. The predicted octanol–water partition coefficient (Wildman–Crippen LogP) is 1.43. The Morgan fingerprint density at radius 3 is 2.62 bits per heavy atom. The summed E-state index contributed by atoms with van der Waals surface area (Å²) in [5, 5.41) is 3.05. The van der Waals surface area contributed by atoms with Gasteiger partial charge < -0.3 is 10.1 Å². The molecular formula is C15H24N2O3S. The van der Waals surface area contributed by atoms with Gasteiger partial charge in [-0.25, -0.2) is 13.1 Å². The van der Waals surface area contributed by atoms with Gasteiger partial charge in [-0.05, 0) is 43.5 Å². The molecule has 0 radical (unpaired) electrons. The number of benzene rings is 1. The van der Waals surface area contributed by atoms with Gasteiger partial charge >= 0.3 is 0 Å². The Balaban J connectivity index is 2.26. The highest BCUT2D eigenvalue weighted by Gasteiger charge is 2.24. The molecule has 5 nitrogen and oxygen atoms in total. The van der Waals surface area contributed by atoms with E-state index in [-0.39, 0.29) is 6.04 Å². The lowest BCUT2D eigenvalue weighted by Crippen LogP contribution is -2.39. The minimum atomic E-state index is -3.48. The van der Waals surface area contributed by atoms with Gasteiger partial charge in [-0.3, -0.25) is 0 Å². The van der Waals surface area contributed by atoms with Crippen LogP contribution in [0.25, 0.3) is 0 Å². The van der Waals surface area contributed by atoms with Crippen LogP contribution in [0.2, 0.25) is 0 Å². The number of hydrogen-bond donors (Lipinski definition) is 2. The van der Waals surface area contributed by atoms with Crippen molar-refractivity contribution in [1.29, 1.82) is 0 Å². The zero-order chi connectivity index (χ0) is 15.3. The van der Waals surface area contributed by atoms with E-state index in [2.05, 4.69) is 10.0 Å². The molecule has 0 amide bonds. The Hall–Kier alpha value is -0.950. The summed E-state index contributed by atoms with van der Waals surface area (Å²) in [6, 6.07) is 5.63. The van der Waals surface area contributed by atoms with E-state index < -0.39 is 10.0 Å². The highest BCUT2D eigenvalue weighted by molar-refractivity contribution is 7.89. The largest absolute Gasteiger partial charge is 0.381 e. The summed E-state index contributed by atoms with van der Waals surface area (Å²) >= 11 is 0. The first kappa shape index (κ1) is 16.4. The van der Waals surface area contributed by atoms with Gasteiger partial charge in [0, 0.05) is 25.8 Å². The Labute approximate surface area is 127 Å². The van der Waals surface area contributed by atoms with Crippen LogP contribution in [0.3, 0.4) is 0 Å². The van der Waals surface area contributed by atoms with Crippen molar-refractivity contribution in [2.45, 2.75) is 43.7 Å². The van der Waals surface area contributed by atoms with Gasteiger partial charge in [0.15, 0.2) is 0 Å². The molecule has 0 saturated carbocycles. The van der Waals surface area contributed by atoms with Gasteiger partial charge in [-0.2, -0.15) is 0 Å². The zero-order valence-corrected chi connectivity index (χ0v) is 13.5. The summed E-state index contributed by atoms with van der Waals surface area (Å²) in [6.45, 7) is 3.87. The summed E-state index contributed by atoms with van der Waals surface area (Å²) in [7, 11) is -1.63. The van der Waals surface area contributed by atoms with Crippen LogP contribution in [-0.4, -0.2) is 34.7 Å². The first-order chi connectivity index (χ1) is 10.1. The topological polar surface area (TPSA) is 67.4 Å². The molecule has 0 spiro atoms. The van der Waals surface area contributed by atoms with Gasteiger partial charge in [0.2, 0.25) is 10.0 Å². The third-order valence-electron chi connectivity index (χ3n) is 3.73. The minimum Gasteiger partial charge on any atom is -0.381 e. The van der Waals surface area contributed by atoms with Crippen molar-refractivity contribution in [3.63, 3.8) is 0 Å². The lowest BCUT2D eigenvalue weighted by molar-refractivity contribution is 0.0832. The minimum absolute atomic E-state index is 0.0265. The summed E-state index contributed by atoms with van der Waals surface area (Å²) in [6.07, 6.45) is 2.16. The van der Waals surface area contributed by atoms with E-state index in [1.165, 1.54) is 0 Å². The molecule has 1 fully saturated rings. The maximum Gasteiger partial charge on any atom is 0.241 e. The van der Waals surface area contributed by atoms with E-state index >= 15 is 0 Å². The Morgan fingerprint density at radius 2 is 2.00 bits per heavy atom. The van der Waals surface area contributed by atoms with Crippen molar-refractivity contribution in [3.8, 4) is 0 Å². The fourth-order valence-electron chi connectivity index (χ4n) is 2.55. The quantitative estimate of drug-likeness (QED) is 0.834. The van der Waals surface area contributed by atoms with Gasteiger partial charge in [0.1, 0.15) is 0 Å². The standard InChI is InChI=1S/C15H24N2O3S/c1-3-13-5-4-12(11-16-2)10-15(13)21(18,19)17-14-6-8-20-9-7-14/h4-5,10,14,16-17H,3,6-9,11H2,1-2H3. The summed E-state index contributed by atoms with van der Waals surface area (Å²) < 4.78 is 33.4. The number of hydrogen-bond acceptors (Lipinski definition) is 4. The van der Waals surface area contributed by atoms with Gasteiger partial charge in [0.25, 0.3) is 0 Å². The van der Waals surface area contributed by atoms with Crippen LogP contribution in [0.15, 0.2) is 23.1 Å². The molecular weight excluding hydrogens is 288 g/mol. The van der Waals surface area contributed by atoms with Crippen LogP contribution in [-0.2, 0) is 27.7 Å². The van der Waals surface area contributed by atoms with Crippen molar-refractivity contribution in [2.75, 3.05) is 20.3 Å². The van der Waals surface area contributed by atoms with Crippen molar-refractivity contribution < 1.29 is 13.2 Å². The third kappa shape index (κ3) is 4.26. The molecule has 1 aromatic carbocycles. The van der Waals surface area contributed by atoms with Crippen LogP contribution >= 0.6 is 0 Å². The maximum absolute atomic E-state index is 12.7. The average Bonchev–Trinajstić information content (AvgIpc) is 2.48. The summed E-state index contributed by atoms with van der Waals surface area (Å²) in [5.74, 6) is 0. The Morgan fingerprint density at radius 1 is 1.29 bits per heavy atom. The van der Waals surface area contributed by atoms with E-state index in [1.54, 1.807) is 6.07 Å². The van der Waals surface area contributed by atoms with E-state index in [0.29, 0.717) is 31.1 Å². The van der Waals surface area contributed by atoms with E-state index in [0.717, 1.165) is 24.0 Å². The molecule has 0 unspecified atom stereocenters. The van der Waals surface area contributed by atoms with E-state index in [1.807, 2.05) is 26.1 Å². The molecule has 1 heterocycles. The highest BCUT2D eigenvalue weighted by atomic mass is 32.2. The monoisotopic (exact) mass is 312 g/mol. The first-order valence-electron chi connectivity index (χ1n) is 7.43. The molecule has 118 valence electrons. The molecule has 21 heavy (non-hydrogen) atoms. The van der Waals surface area contributed by atoms with Crippen LogP contribution < -0.4 is 10.0 Å². The fourth-order valence-corrected chi connectivity index (χ4v) is 4.22. The third-order valence-corrected chi connectivity index (χ3v) is 5.33. The van der Waals surface area contributed by atoms with Crippen LogP contribution in [0.4, 0.5) is 0 Å². The van der Waals surface area contributed by atoms with Crippen LogP contribution in [0.5, 0.6) is 0 Å². The van der Waals surface area contributed by atoms with Gasteiger partial charge in [-0.15, -0.1) is 0 Å².